The van der Waals surface area contributed by atoms with E-state index < -0.39 is 0 Å². The summed E-state index contributed by atoms with van der Waals surface area (Å²) in [7, 11) is 0. The van der Waals surface area contributed by atoms with Gasteiger partial charge in [-0.3, -0.25) is 4.40 Å². The molecule has 0 aliphatic heterocycles. The van der Waals surface area contributed by atoms with Gasteiger partial charge in [0.05, 0.1) is 6.61 Å². The molecule has 27 heavy (non-hydrogen) atoms. The second-order valence-electron chi connectivity index (χ2n) is 6.41. The molecule has 0 bridgehead atoms. The first-order valence-electron chi connectivity index (χ1n) is 8.99. The third-order valence-corrected chi connectivity index (χ3v) is 4.53. The van der Waals surface area contributed by atoms with E-state index in [0.717, 1.165) is 22.3 Å². The van der Waals surface area contributed by atoms with Crippen LogP contribution in [-0.4, -0.2) is 22.0 Å². The maximum Gasteiger partial charge on any atom is 0.357 e. The van der Waals surface area contributed by atoms with Gasteiger partial charge in [-0.05, 0) is 37.1 Å². The molecule has 0 unspecified atom stereocenters. The van der Waals surface area contributed by atoms with Crippen LogP contribution in [0.5, 0.6) is 0 Å². The molecular weight excluding hydrogens is 336 g/mol. The molecule has 0 spiro atoms. The second kappa shape index (κ2) is 7.08. The topological polar surface area (TPSA) is 43.6 Å². The number of imidazole rings is 1. The van der Waals surface area contributed by atoms with E-state index >= 15 is 0 Å². The van der Waals surface area contributed by atoms with E-state index in [9.17, 15) is 4.79 Å². The highest BCUT2D eigenvalue weighted by molar-refractivity contribution is 5.96. The van der Waals surface area contributed by atoms with E-state index in [-0.39, 0.29) is 5.97 Å². The molecule has 2 aromatic carbocycles. The largest absolute Gasteiger partial charge is 0.461 e. The molecule has 0 radical (unpaired) electrons. The number of hydrogen-bond acceptors (Lipinski definition) is 3. The number of benzene rings is 2. The van der Waals surface area contributed by atoms with Crippen molar-refractivity contribution in [1.82, 2.24) is 9.38 Å². The van der Waals surface area contributed by atoms with Crippen LogP contribution in [0.15, 0.2) is 72.9 Å². The molecule has 0 aliphatic rings. The molecule has 0 saturated heterocycles. The van der Waals surface area contributed by atoms with Crippen LogP contribution in [0.25, 0.3) is 28.0 Å². The van der Waals surface area contributed by atoms with Gasteiger partial charge in [0, 0.05) is 11.8 Å². The molecule has 4 heteroatoms. The van der Waals surface area contributed by atoms with Crippen molar-refractivity contribution < 1.29 is 9.53 Å². The molecule has 2 aromatic heterocycles. The number of esters is 1. The van der Waals surface area contributed by atoms with Gasteiger partial charge in [0.15, 0.2) is 5.69 Å². The van der Waals surface area contributed by atoms with Crippen LogP contribution in [0.4, 0.5) is 0 Å². The molecule has 134 valence electrons. The normalized spacial score (nSPS) is 10.9. The molecule has 4 aromatic rings. The summed E-state index contributed by atoms with van der Waals surface area (Å²) in [5.74, 6) is -0.369. The van der Waals surface area contributed by atoms with Gasteiger partial charge in [0.2, 0.25) is 0 Å². The number of aromatic nitrogens is 2. The first-order valence-corrected chi connectivity index (χ1v) is 8.99. The smallest absolute Gasteiger partial charge is 0.357 e. The first-order chi connectivity index (χ1) is 13.2. The van der Waals surface area contributed by atoms with Gasteiger partial charge in [0.25, 0.3) is 0 Å². The van der Waals surface area contributed by atoms with Gasteiger partial charge in [-0.25, -0.2) is 9.78 Å². The van der Waals surface area contributed by atoms with E-state index in [1.165, 1.54) is 5.56 Å². The Morgan fingerprint density at radius 3 is 2.41 bits per heavy atom. The Morgan fingerprint density at radius 1 is 0.963 bits per heavy atom. The van der Waals surface area contributed by atoms with Crippen LogP contribution < -0.4 is 0 Å². The zero-order valence-electron chi connectivity index (χ0n) is 15.3. The standard InChI is InChI=1S/C23H20N2O2/c1-3-27-23(26)22-21(18-7-5-4-6-8-18)24-20-15-19(13-14-25(20)22)17-11-9-16(2)10-12-17/h4-15H,3H2,1-2H3. The average Bonchev–Trinajstić information content (AvgIpc) is 3.08. The van der Waals surface area contributed by atoms with E-state index in [1.54, 1.807) is 11.3 Å². The van der Waals surface area contributed by atoms with Crippen LogP contribution >= 0.6 is 0 Å². The molecule has 0 aliphatic carbocycles. The van der Waals surface area contributed by atoms with Crippen molar-refractivity contribution in [1.29, 1.82) is 0 Å². The Morgan fingerprint density at radius 2 is 1.70 bits per heavy atom. The van der Waals surface area contributed by atoms with E-state index in [2.05, 4.69) is 31.2 Å². The van der Waals surface area contributed by atoms with Crippen molar-refractivity contribution >= 4 is 11.6 Å². The highest BCUT2D eigenvalue weighted by atomic mass is 16.5. The Labute approximate surface area is 158 Å². The van der Waals surface area contributed by atoms with Crippen molar-refractivity contribution in [3.05, 3.63) is 84.2 Å². The summed E-state index contributed by atoms with van der Waals surface area (Å²) in [6.07, 6.45) is 1.89. The number of carbonyl (C=O) groups is 1. The third kappa shape index (κ3) is 3.22. The van der Waals surface area contributed by atoms with E-state index in [1.807, 2.05) is 48.7 Å². The monoisotopic (exact) mass is 356 g/mol. The summed E-state index contributed by atoms with van der Waals surface area (Å²) in [5, 5.41) is 0. The van der Waals surface area contributed by atoms with Gasteiger partial charge in [-0.1, -0.05) is 60.2 Å². The molecule has 0 fully saturated rings. The Balaban J connectivity index is 1.90. The van der Waals surface area contributed by atoms with Crippen LogP contribution in [0.1, 0.15) is 23.0 Å². The maximum atomic E-state index is 12.6. The SMILES string of the molecule is CCOC(=O)c1c(-c2ccccc2)nc2cc(-c3ccc(C)cc3)ccn12. The molecule has 0 amide bonds. The fraction of sp³-hybridized carbons (Fsp3) is 0.130. The molecule has 0 saturated carbocycles. The number of ether oxygens (including phenoxy) is 1. The lowest BCUT2D eigenvalue weighted by molar-refractivity contribution is 0.0519. The van der Waals surface area contributed by atoms with E-state index in [4.69, 9.17) is 9.72 Å². The summed E-state index contributed by atoms with van der Waals surface area (Å²) in [6.45, 7) is 4.19. The van der Waals surface area contributed by atoms with Crippen LogP contribution in [0, 0.1) is 6.92 Å². The highest BCUT2D eigenvalue weighted by Crippen LogP contribution is 2.28. The van der Waals surface area contributed by atoms with Crippen molar-refractivity contribution in [3.8, 4) is 22.4 Å². The number of hydrogen-bond donors (Lipinski definition) is 0. The first kappa shape index (κ1) is 17.0. The minimum Gasteiger partial charge on any atom is -0.461 e. The summed E-state index contributed by atoms with van der Waals surface area (Å²) in [5.41, 5.74) is 6.09. The molecular formula is C23H20N2O2. The number of nitrogens with zero attached hydrogens (tertiary/aromatic N) is 2. The summed E-state index contributed by atoms with van der Waals surface area (Å²) >= 11 is 0. The molecule has 4 rings (SSSR count). The minimum atomic E-state index is -0.369. The van der Waals surface area contributed by atoms with Crippen molar-refractivity contribution in [2.45, 2.75) is 13.8 Å². The summed E-state index contributed by atoms with van der Waals surface area (Å²) in [4.78, 5) is 17.4. The van der Waals surface area contributed by atoms with Gasteiger partial charge in [-0.2, -0.15) is 0 Å². The fourth-order valence-corrected chi connectivity index (χ4v) is 3.16. The fourth-order valence-electron chi connectivity index (χ4n) is 3.16. The van der Waals surface area contributed by atoms with Crippen LogP contribution in [0.3, 0.4) is 0 Å². The molecule has 4 nitrogen and oxygen atoms in total. The maximum absolute atomic E-state index is 12.6. The quantitative estimate of drug-likeness (QED) is 0.475. The van der Waals surface area contributed by atoms with Crippen molar-refractivity contribution in [2.24, 2.45) is 0 Å². The lowest BCUT2D eigenvalue weighted by Crippen LogP contribution is -2.09. The number of rotatable bonds is 4. The van der Waals surface area contributed by atoms with Gasteiger partial charge >= 0.3 is 5.97 Å². The van der Waals surface area contributed by atoms with E-state index in [0.29, 0.717) is 18.0 Å². The number of aryl methyl sites for hydroxylation is 1. The van der Waals surface area contributed by atoms with Crippen LogP contribution in [0.2, 0.25) is 0 Å². The minimum absolute atomic E-state index is 0.321. The predicted molar refractivity (Wildman–Crippen MR) is 107 cm³/mol. The third-order valence-electron chi connectivity index (χ3n) is 4.53. The highest BCUT2D eigenvalue weighted by Gasteiger charge is 2.21. The summed E-state index contributed by atoms with van der Waals surface area (Å²) in [6, 6.07) is 22.1. The lowest BCUT2D eigenvalue weighted by Gasteiger charge is -2.06. The Hall–Kier alpha value is -3.40. The van der Waals surface area contributed by atoms with Gasteiger partial charge in [0.1, 0.15) is 11.3 Å². The van der Waals surface area contributed by atoms with Gasteiger partial charge in [-0.15, -0.1) is 0 Å². The number of pyridine rings is 1. The van der Waals surface area contributed by atoms with Crippen molar-refractivity contribution in [3.63, 3.8) is 0 Å². The zero-order chi connectivity index (χ0) is 18.8. The van der Waals surface area contributed by atoms with Gasteiger partial charge < -0.3 is 4.74 Å². The molecule has 0 atom stereocenters. The average molecular weight is 356 g/mol. The summed E-state index contributed by atoms with van der Waals surface area (Å²) < 4.78 is 7.09. The Kier molecular flexibility index (Phi) is 4.47. The lowest BCUT2D eigenvalue weighted by atomic mass is 10.1. The predicted octanol–water partition coefficient (Wildman–Crippen LogP) is 5.15. The Bertz CT molecular complexity index is 1100. The molecule has 2 heterocycles. The zero-order valence-corrected chi connectivity index (χ0v) is 15.3. The second-order valence-corrected chi connectivity index (χ2v) is 6.41. The molecule has 0 N–H and O–H groups in total. The van der Waals surface area contributed by atoms with Crippen molar-refractivity contribution in [2.75, 3.05) is 6.61 Å². The number of carbonyl (C=O) groups excluding carboxylic acids is 1. The number of fused-ring (bicyclic) bond motifs is 1. The van der Waals surface area contributed by atoms with Crippen LogP contribution in [-0.2, 0) is 4.74 Å².